The summed E-state index contributed by atoms with van der Waals surface area (Å²) in [4.78, 5) is 23.0. The molecule has 0 aliphatic heterocycles. The van der Waals surface area contributed by atoms with Crippen LogP contribution < -0.4 is 13.3 Å². The molecule has 0 fully saturated rings. The quantitative estimate of drug-likeness (QED) is 0.0697. The summed E-state index contributed by atoms with van der Waals surface area (Å²) in [5, 5.41) is 10.8. The number of esters is 1. The molecule has 8 nitrogen and oxygen atoms in total. The monoisotopic (exact) mass is 765 g/mol. The second-order valence-corrected chi connectivity index (χ2v) is 31.6. The van der Waals surface area contributed by atoms with E-state index < -0.39 is 35.8 Å². The predicted octanol–water partition coefficient (Wildman–Crippen LogP) is 11.5. The first-order valence-corrected chi connectivity index (χ1v) is 25.6. The summed E-state index contributed by atoms with van der Waals surface area (Å²) in [6, 6.07) is 7.39. The highest BCUT2D eigenvalue weighted by atomic mass is 79.9. The lowest BCUT2D eigenvalue weighted by atomic mass is 10.1. The van der Waals surface area contributed by atoms with Crippen molar-refractivity contribution in [1.29, 1.82) is 0 Å². The summed E-state index contributed by atoms with van der Waals surface area (Å²) in [7, 11) is -6.83. The van der Waals surface area contributed by atoms with Gasteiger partial charge in [0, 0.05) is 23.8 Å². The van der Waals surface area contributed by atoms with Crippen LogP contribution in [0, 0.1) is 10.1 Å². The van der Waals surface area contributed by atoms with Gasteiger partial charge in [-0.25, -0.2) is 4.79 Å². The van der Waals surface area contributed by atoms with Crippen molar-refractivity contribution in [3.05, 3.63) is 68.2 Å². The molecular weight excluding hydrogens is 711 g/mol. The van der Waals surface area contributed by atoms with E-state index in [0.29, 0.717) is 6.42 Å². The smallest absolute Gasteiger partial charge is 0.338 e. The van der Waals surface area contributed by atoms with Gasteiger partial charge in [0.2, 0.25) is 8.32 Å². The van der Waals surface area contributed by atoms with Crippen molar-refractivity contribution in [1.82, 2.24) is 0 Å². The second-order valence-electron chi connectivity index (χ2n) is 16.7. The van der Waals surface area contributed by atoms with Crippen molar-refractivity contribution in [2.75, 3.05) is 6.61 Å². The molecule has 0 saturated heterocycles. The highest BCUT2D eigenvalue weighted by Gasteiger charge is 2.44. The molecule has 0 heterocycles. The van der Waals surface area contributed by atoms with E-state index in [-0.39, 0.29) is 33.0 Å². The van der Waals surface area contributed by atoms with E-state index in [1.165, 1.54) is 24.3 Å². The molecule has 2 aromatic rings. The standard InChI is InChI=1S/C35H56BrNO7Si3/c1-33(2,3)45(10,11)42-28-24-29(43-46(12,13)34(4,5)6)30(36)31(44-47(14,15)35(7,8)9)27(28)18-16-17-23-41-32(38)25-19-21-26(22-20-25)37(39)40/h16-17,19-22,24H,18,23H2,1-15H3/b17-16+. The zero-order valence-corrected chi connectivity index (χ0v) is 35.7. The van der Waals surface area contributed by atoms with Crippen LogP contribution >= 0.6 is 15.9 Å². The van der Waals surface area contributed by atoms with Gasteiger partial charge in [-0.3, -0.25) is 10.1 Å². The van der Waals surface area contributed by atoms with Crippen LogP contribution in [0.1, 0.15) is 78.2 Å². The lowest BCUT2D eigenvalue weighted by Crippen LogP contribution is -2.45. The number of halogens is 1. The normalized spacial score (nSPS) is 13.4. The first-order valence-electron chi connectivity index (χ1n) is 16.1. The van der Waals surface area contributed by atoms with Gasteiger partial charge in [-0.05, 0) is 88.9 Å². The molecule has 0 unspecified atom stereocenters. The van der Waals surface area contributed by atoms with E-state index in [1.54, 1.807) is 6.08 Å². The first kappa shape index (κ1) is 40.8. The number of non-ortho nitro benzene ring substituents is 1. The van der Waals surface area contributed by atoms with Crippen molar-refractivity contribution >= 4 is 52.5 Å². The molecule has 0 radical (unpaired) electrons. The number of carbonyl (C=O) groups excluding carboxylic acids is 1. The molecule has 0 aliphatic carbocycles. The topological polar surface area (TPSA) is 97.1 Å². The van der Waals surface area contributed by atoms with Crippen LogP contribution in [0.15, 0.2) is 47.0 Å². The lowest BCUT2D eigenvalue weighted by Gasteiger charge is -2.41. The summed E-state index contributed by atoms with van der Waals surface area (Å²) >= 11 is 3.92. The van der Waals surface area contributed by atoms with Crippen LogP contribution in [0.25, 0.3) is 0 Å². The average Bonchev–Trinajstić information content (AvgIpc) is 2.90. The molecule has 0 amide bonds. The van der Waals surface area contributed by atoms with E-state index in [2.05, 4.69) is 118 Å². The minimum absolute atomic E-state index is 0.0132. The third-order valence-corrected chi connectivity index (χ3v) is 23.6. The molecule has 262 valence electrons. The van der Waals surface area contributed by atoms with Gasteiger partial charge in [0.25, 0.3) is 22.3 Å². The van der Waals surface area contributed by atoms with Gasteiger partial charge < -0.3 is 18.0 Å². The number of nitrogens with zero attached hydrogens (tertiary/aromatic N) is 1. The summed E-state index contributed by atoms with van der Waals surface area (Å²) in [5.74, 6) is 1.65. The van der Waals surface area contributed by atoms with Crippen LogP contribution in [0.3, 0.4) is 0 Å². The number of hydrogen-bond acceptors (Lipinski definition) is 7. The first-order chi connectivity index (χ1) is 21.1. The Morgan fingerprint density at radius 1 is 0.766 bits per heavy atom. The lowest BCUT2D eigenvalue weighted by molar-refractivity contribution is -0.384. The number of nitro benzene ring substituents is 1. The largest absolute Gasteiger partial charge is 0.543 e. The van der Waals surface area contributed by atoms with Crippen molar-refractivity contribution in [2.45, 2.75) is 123 Å². The average molecular weight is 767 g/mol. The Balaban J connectivity index is 2.62. The van der Waals surface area contributed by atoms with Gasteiger partial charge in [0.05, 0.1) is 15.0 Å². The fraction of sp³-hybridized carbons (Fsp3) is 0.571. The molecule has 2 aromatic carbocycles. The number of benzene rings is 2. The minimum atomic E-state index is -2.32. The maximum Gasteiger partial charge on any atom is 0.338 e. The molecule has 0 aliphatic rings. The summed E-state index contributed by atoms with van der Waals surface area (Å²) in [6.45, 7) is 33.4. The van der Waals surface area contributed by atoms with Crippen LogP contribution in [0.4, 0.5) is 5.69 Å². The molecule has 0 spiro atoms. The number of nitro groups is 1. The van der Waals surface area contributed by atoms with Crippen LogP contribution in [0.5, 0.6) is 17.2 Å². The number of rotatable bonds is 12. The predicted molar refractivity (Wildman–Crippen MR) is 204 cm³/mol. The molecule has 47 heavy (non-hydrogen) atoms. The highest BCUT2D eigenvalue weighted by molar-refractivity contribution is 9.10. The third-order valence-electron chi connectivity index (χ3n) is 9.87. The van der Waals surface area contributed by atoms with E-state index in [9.17, 15) is 14.9 Å². The van der Waals surface area contributed by atoms with Gasteiger partial charge in [0.15, 0.2) is 0 Å². The van der Waals surface area contributed by atoms with Gasteiger partial charge >= 0.3 is 5.97 Å². The highest BCUT2D eigenvalue weighted by Crippen LogP contribution is 2.50. The maximum atomic E-state index is 12.6. The number of hydrogen-bond donors (Lipinski definition) is 0. The Hall–Kier alpha value is -2.42. The molecule has 0 N–H and O–H groups in total. The van der Waals surface area contributed by atoms with Crippen LogP contribution in [-0.2, 0) is 11.2 Å². The number of carbonyl (C=O) groups is 1. The molecule has 2 rings (SSSR count). The van der Waals surface area contributed by atoms with Crippen LogP contribution in [0.2, 0.25) is 54.4 Å². The van der Waals surface area contributed by atoms with E-state index >= 15 is 0 Å². The molecular formula is C35H56BrNO7Si3. The number of allylic oxidation sites excluding steroid dienone is 1. The molecule has 0 atom stereocenters. The Morgan fingerprint density at radius 2 is 1.21 bits per heavy atom. The number of ether oxygens (including phenoxy) is 1. The Bertz CT molecular complexity index is 1470. The summed E-state index contributed by atoms with van der Waals surface area (Å²) in [5.41, 5.74) is 1.08. The van der Waals surface area contributed by atoms with E-state index in [1.807, 2.05) is 12.1 Å². The van der Waals surface area contributed by atoms with Crippen LogP contribution in [-0.4, -0.2) is 42.5 Å². The zero-order valence-electron chi connectivity index (χ0n) is 31.1. The van der Waals surface area contributed by atoms with Gasteiger partial charge in [-0.1, -0.05) is 74.5 Å². The Morgan fingerprint density at radius 3 is 1.66 bits per heavy atom. The van der Waals surface area contributed by atoms with Crippen molar-refractivity contribution < 1.29 is 27.7 Å². The van der Waals surface area contributed by atoms with Crippen molar-refractivity contribution in [3.63, 3.8) is 0 Å². The van der Waals surface area contributed by atoms with E-state index in [0.717, 1.165) is 27.3 Å². The van der Waals surface area contributed by atoms with Crippen molar-refractivity contribution in [2.24, 2.45) is 0 Å². The summed E-state index contributed by atoms with van der Waals surface area (Å²) in [6.07, 6.45) is 4.22. The molecule has 0 saturated carbocycles. The third kappa shape index (κ3) is 10.3. The van der Waals surface area contributed by atoms with E-state index in [4.69, 9.17) is 18.0 Å². The van der Waals surface area contributed by atoms with Gasteiger partial charge in [0.1, 0.15) is 23.9 Å². The fourth-order valence-electron chi connectivity index (χ4n) is 3.55. The van der Waals surface area contributed by atoms with Gasteiger partial charge in [-0.15, -0.1) is 0 Å². The Kier molecular flexibility index (Phi) is 12.7. The fourth-order valence-corrected chi connectivity index (χ4v) is 7.46. The molecule has 0 aromatic heterocycles. The SMILES string of the molecule is CC(C)(C)[Si](C)(C)Oc1cc(O[Si](C)(C)C(C)(C)C)c(C/C=C/COC(=O)c2ccc([N+](=O)[O-])cc2)c(O[Si](C)(C)C(C)(C)C)c1Br. The van der Waals surface area contributed by atoms with Crippen molar-refractivity contribution in [3.8, 4) is 17.2 Å². The van der Waals surface area contributed by atoms with Gasteiger partial charge in [-0.2, -0.15) is 0 Å². The Labute approximate surface area is 294 Å². The zero-order chi connectivity index (χ0) is 36.4. The minimum Gasteiger partial charge on any atom is -0.543 e. The summed E-state index contributed by atoms with van der Waals surface area (Å²) < 4.78 is 27.3. The molecule has 0 bridgehead atoms. The maximum absolute atomic E-state index is 12.6. The second kappa shape index (κ2) is 14.6. The molecule has 12 heteroatoms.